The van der Waals surface area contributed by atoms with Gasteiger partial charge in [-0.1, -0.05) is 26.0 Å². The number of aromatic nitrogens is 2. The van der Waals surface area contributed by atoms with Gasteiger partial charge in [0.05, 0.1) is 5.69 Å². The Bertz CT molecular complexity index is 703. The molecule has 5 heteroatoms. The number of carbonyl (C=O) groups excluding carboxylic acids is 1. The topological polar surface area (TPSA) is 58.9 Å². The van der Waals surface area contributed by atoms with E-state index in [1.807, 2.05) is 4.68 Å². The molecule has 0 unspecified atom stereocenters. The Balaban J connectivity index is 1.83. The number of hydrogen-bond donors (Lipinski definition) is 2. The third-order valence-electron chi connectivity index (χ3n) is 4.57. The molecule has 1 aromatic heterocycles. The highest BCUT2D eigenvalue weighted by Crippen LogP contribution is 2.27. The molecular formula is C19H26N4O. The third-order valence-corrected chi connectivity index (χ3v) is 4.57. The fraction of sp³-hybridized carbons (Fsp3) is 0.474. The zero-order valence-corrected chi connectivity index (χ0v) is 14.6. The Morgan fingerprint density at radius 2 is 1.96 bits per heavy atom. The molecule has 0 saturated heterocycles. The van der Waals surface area contributed by atoms with Crippen LogP contribution in [0.5, 0.6) is 0 Å². The summed E-state index contributed by atoms with van der Waals surface area (Å²) in [6.45, 7) is 6.52. The molecule has 0 atom stereocenters. The van der Waals surface area contributed by atoms with Gasteiger partial charge in [0.15, 0.2) is 5.69 Å². The summed E-state index contributed by atoms with van der Waals surface area (Å²) in [6.07, 6.45) is 4.05. The zero-order valence-electron chi connectivity index (χ0n) is 14.6. The number of rotatable bonds is 7. The summed E-state index contributed by atoms with van der Waals surface area (Å²) in [5.41, 5.74) is 5.26. The van der Waals surface area contributed by atoms with Crippen molar-refractivity contribution in [3.05, 3.63) is 46.8 Å². The first-order valence-corrected chi connectivity index (χ1v) is 8.93. The minimum absolute atomic E-state index is 0.0602. The second-order valence-corrected chi connectivity index (χ2v) is 6.17. The largest absolute Gasteiger partial charge is 0.349 e. The summed E-state index contributed by atoms with van der Waals surface area (Å²) in [5.74, 6) is -0.0602. The molecule has 0 bridgehead atoms. The molecule has 1 aromatic carbocycles. The van der Waals surface area contributed by atoms with Crippen LogP contribution in [-0.2, 0) is 19.3 Å². The van der Waals surface area contributed by atoms with Crippen LogP contribution in [0.4, 0.5) is 0 Å². The number of likely N-dealkylation sites (N-methyl/N-ethyl adjacent to an activating group) is 1. The summed E-state index contributed by atoms with van der Waals surface area (Å²) < 4.78 is 1.96. The SMILES string of the molecule is CCNCCNC(=O)c1nn(-c2ccc(CC)cc2)c2c1CCC2. The molecule has 2 aromatic rings. The summed E-state index contributed by atoms with van der Waals surface area (Å²) in [5, 5.41) is 10.8. The normalized spacial score (nSPS) is 13.1. The van der Waals surface area contributed by atoms with Crippen LogP contribution in [0.15, 0.2) is 24.3 Å². The highest BCUT2D eigenvalue weighted by molar-refractivity contribution is 5.94. The lowest BCUT2D eigenvalue weighted by molar-refractivity contribution is 0.0947. The van der Waals surface area contributed by atoms with Gasteiger partial charge in [0.25, 0.3) is 5.91 Å². The van der Waals surface area contributed by atoms with Gasteiger partial charge in [-0.15, -0.1) is 0 Å². The van der Waals surface area contributed by atoms with Crippen molar-refractivity contribution in [1.82, 2.24) is 20.4 Å². The highest BCUT2D eigenvalue weighted by atomic mass is 16.1. The fourth-order valence-corrected chi connectivity index (χ4v) is 3.23. The number of benzene rings is 1. The molecule has 24 heavy (non-hydrogen) atoms. The van der Waals surface area contributed by atoms with E-state index in [4.69, 9.17) is 0 Å². The van der Waals surface area contributed by atoms with Crippen LogP contribution in [-0.4, -0.2) is 35.3 Å². The maximum absolute atomic E-state index is 12.5. The molecule has 3 rings (SSSR count). The summed E-state index contributed by atoms with van der Waals surface area (Å²) >= 11 is 0. The van der Waals surface area contributed by atoms with E-state index in [2.05, 4.69) is 53.8 Å². The van der Waals surface area contributed by atoms with E-state index in [9.17, 15) is 4.79 Å². The lowest BCUT2D eigenvalue weighted by Crippen LogP contribution is -2.32. The minimum atomic E-state index is -0.0602. The fourth-order valence-electron chi connectivity index (χ4n) is 3.23. The quantitative estimate of drug-likeness (QED) is 0.767. The molecule has 128 valence electrons. The van der Waals surface area contributed by atoms with Crippen molar-refractivity contribution in [3.63, 3.8) is 0 Å². The average Bonchev–Trinajstić information content (AvgIpc) is 3.21. The standard InChI is InChI=1S/C19H26N4O/c1-3-14-8-10-15(11-9-14)23-17-7-5-6-16(17)18(22-23)19(24)21-13-12-20-4-2/h8-11,20H,3-7,12-13H2,1-2H3,(H,21,24). The predicted molar refractivity (Wildman–Crippen MR) is 95.8 cm³/mol. The van der Waals surface area contributed by atoms with Crippen molar-refractivity contribution >= 4 is 5.91 Å². The zero-order chi connectivity index (χ0) is 16.9. The number of aryl methyl sites for hydroxylation is 1. The van der Waals surface area contributed by atoms with E-state index in [1.54, 1.807) is 0 Å². The van der Waals surface area contributed by atoms with Crippen LogP contribution >= 0.6 is 0 Å². The minimum Gasteiger partial charge on any atom is -0.349 e. The predicted octanol–water partition coefficient (Wildman–Crippen LogP) is 2.26. The molecule has 5 nitrogen and oxygen atoms in total. The van der Waals surface area contributed by atoms with Gasteiger partial charge in [-0.3, -0.25) is 4.79 Å². The van der Waals surface area contributed by atoms with Gasteiger partial charge in [0.2, 0.25) is 0 Å². The van der Waals surface area contributed by atoms with E-state index >= 15 is 0 Å². The van der Waals surface area contributed by atoms with Gasteiger partial charge < -0.3 is 10.6 Å². The van der Waals surface area contributed by atoms with E-state index in [0.29, 0.717) is 12.2 Å². The molecule has 1 aliphatic rings. The molecule has 1 aliphatic carbocycles. The van der Waals surface area contributed by atoms with Gasteiger partial charge in [0.1, 0.15) is 0 Å². The number of fused-ring (bicyclic) bond motifs is 1. The number of carbonyl (C=O) groups is 1. The summed E-state index contributed by atoms with van der Waals surface area (Å²) in [7, 11) is 0. The van der Waals surface area contributed by atoms with Crippen molar-refractivity contribution < 1.29 is 4.79 Å². The first kappa shape index (κ1) is 16.7. The van der Waals surface area contributed by atoms with Crippen molar-refractivity contribution in [2.45, 2.75) is 39.5 Å². The van der Waals surface area contributed by atoms with E-state index in [1.165, 1.54) is 11.3 Å². The van der Waals surface area contributed by atoms with Crippen LogP contribution < -0.4 is 10.6 Å². The Hall–Kier alpha value is -2.14. The molecule has 1 heterocycles. The van der Waals surface area contributed by atoms with Gasteiger partial charge in [-0.25, -0.2) is 4.68 Å². The molecule has 0 aliphatic heterocycles. The monoisotopic (exact) mass is 326 g/mol. The number of hydrogen-bond acceptors (Lipinski definition) is 3. The number of amides is 1. The molecule has 1 amide bonds. The van der Waals surface area contributed by atoms with E-state index in [-0.39, 0.29) is 5.91 Å². The van der Waals surface area contributed by atoms with Gasteiger partial charge in [-0.05, 0) is 49.9 Å². The molecule has 0 fully saturated rings. The molecule has 2 N–H and O–H groups in total. The van der Waals surface area contributed by atoms with Gasteiger partial charge in [-0.2, -0.15) is 5.10 Å². The molecular weight excluding hydrogens is 300 g/mol. The van der Waals surface area contributed by atoms with Crippen molar-refractivity contribution in [3.8, 4) is 5.69 Å². The first-order chi connectivity index (χ1) is 11.7. The summed E-state index contributed by atoms with van der Waals surface area (Å²) in [6, 6.07) is 8.46. The van der Waals surface area contributed by atoms with Crippen LogP contribution in [0.2, 0.25) is 0 Å². The smallest absolute Gasteiger partial charge is 0.272 e. The van der Waals surface area contributed by atoms with Crippen LogP contribution in [0.3, 0.4) is 0 Å². The Kier molecular flexibility index (Phi) is 5.30. The number of nitrogens with one attached hydrogen (secondary N) is 2. The molecule has 0 saturated carbocycles. The maximum atomic E-state index is 12.5. The average molecular weight is 326 g/mol. The van der Waals surface area contributed by atoms with Crippen LogP contribution in [0.25, 0.3) is 5.69 Å². The maximum Gasteiger partial charge on any atom is 0.272 e. The lowest BCUT2D eigenvalue weighted by Gasteiger charge is -2.06. The summed E-state index contributed by atoms with van der Waals surface area (Å²) in [4.78, 5) is 12.5. The lowest BCUT2D eigenvalue weighted by atomic mass is 10.1. The highest BCUT2D eigenvalue weighted by Gasteiger charge is 2.26. The Morgan fingerprint density at radius 1 is 1.17 bits per heavy atom. The second-order valence-electron chi connectivity index (χ2n) is 6.17. The van der Waals surface area contributed by atoms with Crippen molar-refractivity contribution in [1.29, 1.82) is 0 Å². The van der Waals surface area contributed by atoms with E-state index in [0.717, 1.165) is 50.0 Å². The molecule has 0 radical (unpaired) electrons. The van der Waals surface area contributed by atoms with Gasteiger partial charge >= 0.3 is 0 Å². The van der Waals surface area contributed by atoms with E-state index < -0.39 is 0 Å². The van der Waals surface area contributed by atoms with Crippen LogP contribution in [0, 0.1) is 0 Å². The van der Waals surface area contributed by atoms with Gasteiger partial charge in [0, 0.05) is 24.3 Å². The van der Waals surface area contributed by atoms with Crippen molar-refractivity contribution in [2.24, 2.45) is 0 Å². The second kappa shape index (κ2) is 7.62. The Labute approximate surface area is 143 Å². The number of nitrogens with zero attached hydrogens (tertiary/aromatic N) is 2. The Morgan fingerprint density at radius 3 is 2.67 bits per heavy atom. The van der Waals surface area contributed by atoms with Crippen molar-refractivity contribution in [2.75, 3.05) is 19.6 Å². The molecule has 0 spiro atoms. The first-order valence-electron chi connectivity index (χ1n) is 8.93. The third kappa shape index (κ3) is 3.36. The van der Waals surface area contributed by atoms with Crippen LogP contribution in [0.1, 0.15) is 47.6 Å².